The lowest BCUT2D eigenvalue weighted by molar-refractivity contribution is -0.133. The summed E-state index contributed by atoms with van der Waals surface area (Å²) in [6.45, 7) is 7.04. The topological polar surface area (TPSA) is 26.3 Å². The Balaban J connectivity index is 2.68. The molecule has 0 aromatic heterocycles. The molecule has 1 aliphatic rings. The van der Waals surface area contributed by atoms with E-state index in [4.69, 9.17) is 4.74 Å². The Bertz CT molecular complexity index is 206. The molecule has 2 nitrogen and oxygen atoms in total. The van der Waals surface area contributed by atoms with Crippen molar-refractivity contribution < 1.29 is 9.53 Å². The van der Waals surface area contributed by atoms with Crippen molar-refractivity contribution in [1.82, 2.24) is 0 Å². The lowest BCUT2D eigenvalue weighted by Gasteiger charge is -2.27. The van der Waals surface area contributed by atoms with Crippen molar-refractivity contribution >= 4 is 6.47 Å². The fourth-order valence-electron chi connectivity index (χ4n) is 1.74. The lowest BCUT2D eigenvalue weighted by atomic mass is 9.84. The van der Waals surface area contributed by atoms with Crippen LogP contribution in [0.5, 0.6) is 0 Å². The average molecular weight is 182 g/mol. The molecule has 2 unspecified atom stereocenters. The summed E-state index contributed by atoms with van der Waals surface area (Å²) in [6.07, 6.45) is 4.40. The molecule has 0 aliphatic heterocycles. The van der Waals surface area contributed by atoms with Crippen molar-refractivity contribution in [1.29, 1.82) is 0 Å². The Morgan fingerprint density at radius 3 is 2.85 bits per heavy atom. The molecular weight excluding hydrogens is 164 g/mol. The van der Waals surface area contributed by atoms with Gasteiger partial charge in [0.05, 0.1) is 0 Å². The van der Waals surface area contributed by atoms with Crippen molar-refractivity contribution in [3.05, 3.63) is 11.6 Å². The molecule has 0 radical (unpaired) electrons. The van der Waals surface area contributed by atoms with Crippen LogP contribution >= 0.6 is 0 Å². The van der Waals surface area contributed by atoms with E-state index in [1.807, 2.05) is 0 Å². The van der Waals surface area contributed by atoms with E-state index >= 15 is 0 Å². The van der Waals surface area contributed by atoms with Crippen LogP contribution in [-0.4, -0.2) is 12.6 Å². The second-order valence-electron chi connectivity index (χ2n) is 4.11. The van der Waals surface area contributed by atoms with Crippen molar-refractivity contribution in [2.75, 3.05) is 0 Å². The zero-order valence-corrected chi connectivity index (χ0v) is 8.62. The molecule has 0 saturated heterocycles. The first-order valence-corrected chi connectivity index (χ1v) is 4.94. The van der Waals surface area contributed by atoms with Gasteiger partial charge in [-0.15, -0.1) is 0 Å². The summed E-state index contributed by atoms with van der Waals surface area (Å²) in [4.78, 5) is 10.2. The standard InChI is InChI=1S/C11H18O2/c1-8(2)10-5-4-9(3)11(6-10)13-7-12/h6-9,11H,4-5H2,1-3H3. The van der Waals surface area contributed by atoms with Crippen molar-refractivity contribution in [3.8, 4) is 0 Å². The number of carbonyl (C=O) groups excluding carboxylic acids is 1. The first kappa shape index (κ1) is 10.3. The average Bonchev–Trinajstić information content (AvgIpc) is 2.08. The fourth-order valence-corrected chi connectivity index (χ4v) is 1.74. The Labute approximate surface area is 80.0 Å². The third-order valence-corrected chi connectivity index (χ3v) is 2.78. The van der Waals surface area contributed by atoms with E-state index in [9.17, 15) is 4.79 Å². The maximum atomic E-state index is 10.2. The van der Waals surface area contributed by atoms with E-state index in [1.165, 1.54) is 5.57 Å². The van der Waals surface area contributed by atoms with E-state index in [2.05, 4.69) is 26.8 Å². The summed E-state index contributed by atoms with van der Waals surface area (Å²) >= 11 is 0. The van der Waals surface area contributed by atoms with Gasteiger partial charge in [0, 0.05) is 0 Å². The van der Waals surface area contributed by atoms with Gasteiger partial charge in [-0.25, -0.2) is 0 Å². The summed E-state index contributed by atoms with van der Waals surface area (Å²) in [6, 6.07) is 0. The number of carbonyl (C=O) groups is 1. The first-order chi connectivity index (χ1) is 6.15. The van der Waals surface area contributed by atoms with Gasteiger partial charge >= 0.3 is 0 Å². The van der Waals surface area contributed by atoms with Gasteiger partial charge in [-0.2, -0.15) is 0 Å². The molecule has 0 aromatic rings. The highest BCUT2D eigenvalue weighted by molar-refractivity contribution is 5.38. The van der Waals surface area contributed by atoms with E-state index in [0.29, 0.717) is 18.3 Å². The second-order valence-corrected chi connectivity index (χ2v) is 4.11. The molecule has 0 fully saturated rings. The minimum Gasteiger partial charge on any atom is -0.460 e. The zero-order valence-electron chi connectivity index (χ0n) is 8.62. The smallest absolute Gasteiger partial charge is 0.293 e. The highest BCUT2D eigenvalue weighted by Gasteiger charge is 2.22. The third-order valence-electron chi connectivity index (χ3n) is 2.78. The fraction of sp³-hybridized carbons (Fsp3) is 0.727. The zero-order chi connectivity index (χ0) is 9.84. The minimum atomic E-state index is 0.00338. The van der Waals surface area contributed by atoms with Crippen LogP contribution in [0.25, 0.3) is 0 Å². The lowest BCUT2D eigenvalue weighted by Crippen LogP contribution is -2.24. The molecular formula is C11H18O2. The van der Waals surface area contributed by atoms with Gasteiger partial charge in [0.2, 0.25) is 0 Å². The van der Waals surface area contributed by atoms with Crippen molar-refractivity contribution in [3.63, 3.8) is 0 Å². The van der Waals surface area contributed by atoms with Gasteiger partial charge in [0.25, 0.3) is 6.47 Å². The Hall–Kier alpha value is -0.790. The van der Waals surface area contributed by atoms with Crippen LogP contribution in [0.15, 0.2) is 11.6 Å². The Morgan fingerprint density at radius 2 is 2.31 bits per heavy atom. The number of ether oxygens (including phenoxy) is 1. The molecule has 2 atom stereocenters. The summed E-state index contributed by atoms with van der Waals surface area (Å²) < 4.78 is 5.02. The van der Waals surface area contributed by atoms with Crippen LogP contribution in [0.4, 0.5) is 0 Å². The number of hydrogen-bond acceptors (Lipinski definition) is 2. The summed E-state index contributed by atoms with van der Waals surface area (Å²) in [7, 11) is 0. The number of allylic oxidation sites excluding steroid dienone is 1. The maximum absolute atomic E-state index is 10.2. The highest BCUT2D eigenvalue weighted by atomic mass is 16.5. The molecule has 2 heteroatoms. The van der Waals surface area contributed by atoms with E-state index in [-0.39, 0.29) is 6.10 Å². The van der Waals surface area contributed by atoms with Gasteiger partial charge in [-0.05, 0) is 30.8 Å². The van der Waals surface area contributed by atoms with Gasteiger partial charge in [-0.3, -0.25) is 4.79 Å². The minimum absolute atomic E-state index is 0.00338. The van der Waals surface area contributed by atoms with Crippen LogP contribution in [0.3, 0.4) is 0 Å². The normalized spacial score (nSPS) is 28.5. The molecule has 1 aliphatic carbocycles. The molecule has 0 N–H and O–H groups in total. The van der Waals surface area contributed by atoms with E-state index in [1.54, 1.807) is 0 Å². The SMILES string of the molecule is CC(C)C1=CC(OC=O)C(C)CC1. The summed E-state index contributed by atoms with van der Waals surface area (Å²) in [5, 5.41) is 0. The Kier molecular flexibility index (Phi) is 3.52. The van der Waals surface area contributed by atoms with Crippen LogP contribution < -0.4 is 0 Å². The van der Waals surface area contributed by atoms with Crippen LogP contribution in [0.1, 0.15) is 33.6 Å². The molecule has 0 amide bonds. The number of hydrogen-bond donors (Lipinski definition) is 0. The van der Waals surface area contributed by atoms with Crippen LogP contribution in [0, 0.1) is 11.8 Å². The second kappa shape index (κ2) is 4.45. The van der Waals surface area contributed by atoms with Gasteiger partial charge < -0.3 is 4.74 Å². The first-order valence-electron chi connectivity index (χ1n) is 4.94. The molecule has 0 saturated carbocycles. The monoisotopic (exact) mass is 182 g/mol. The van der Waals surface area contributed by atoms with E-state index < -0.39 is 0 Å². The maximum Gasteiger partial charge on any atom is 0.293 e. The molecule has 13 heavy (non-hydrogen) atoms. The molecule has 0 heterocycles. The predicted octanol–water partition coefficient (Wildman–Crippen LogP) is 2.54. The summed E-state index contributed by atoms with van der Waals surface area (Å²) in [5.74, 6) is 1.04. The Morgan fingerprint density at radius 1 is 1.62 bits per heavy atom. The molecule has 0 spiro atoms. The van der Waals surface area contributed by atoms with Gasteiger partial charge in [0.1, 0.15) is 6.10 Å². The van der Waals surface area contributed by atoms with Crippen molar-refractivity contribution in [2.45, 2.75) is 39.7 Å². The van der Waals surface area contributed by atoms with Crippen molar-refractivity contribution in [2.24, 2.45) is 11.8 Å². The molecule has 0 bridgehead atoms. The molecule has 74 valence electrons. The summed E-state index contributed by atoms with van der Waals surface area (Å²) in [5.41, 5.74) is 1.42. The highest BCUT2D eigenvalue weighted by Crippen LogP contribution is 2.29. The quantitative estimate of drug-likeness (QED) is 0.495. The molecule has 1 rings (SSSR count). The third kappa shape index (κ3) is 2.58. The molecule has 0 aromatic carbocycles. The van der Waals surface area contributed by atoms with Gasteiger partial charge in [0.15, 0.2) is 0 Å². The largest absolute Gasteiger partial charge is 0.460 e. The van der Waals surface area contributed by atoms with E-state index in [0.717, 1.165) is 12.8 Å². The van der Waals surface area contributed by atoms with Crippen LogP contribution in [0.2, 0.25) is 0 Å². The van der Waals surface area contributed by atoms with Crippen LogP contribution in [-0.2, 0) is 9.53 Å². The number of rotatable bonds is 3. The predicted molar refractivity (Wildman–Crippen MR) is 52.3 cm³/mol. The van der Waals surface area contributed by atoms with Gasteiger partial charge in [-0.1, -0.05) is 26.3 Å².